The summed E-state index contributed by atoms with van der Waals surface area (Å²) in [5, 5.41) is 11.9. The first-order valence-electron chi connectivity index (χ1n) is 8.58. The SMILES string of the molecule is CC(C)(C)OC(=O)N1CCN(Cc2cc([N+](=O)[O-])cc3ccoc23)CC1. The van der Waals surface area contributed by atoms with Crippen molar-refractivity contribution in [3.8, 4) is 0 Å². The molecule has 140 valence electrons. The number of hydrogen-bond donors (Lipinski definition) is 0. The highest BCUT2D eigenvalue weighted by Gasteiger charge is 2.26. The predicted molar refractivity (Wildman–Crippen MR) is 96.0 cm³/mol. The number of ether oxygens (including phenoxy) is 1. The van der Waals surface area contributed by atoms with Gasteiger partial charge in [0, 0.05) is 55.8 Å². The van der Waals surface area contributed by atoms with Crippen LogP contribution >= 0.6 is 0 Å². The number of nitro benzene ring substituents is 1. The molecule has 0 radical (unpaired) electrons. The number of benzene rings is 1. The van der Waals surface area contributed by atoms with Gasteiger partial charge in [0.1, 0.15) is 11.2 Å². The second-order valence-electron chi connectivity index (χ2n) is 7.44. The third-order valence-corrected chi connectivity index (χ3v) is 4.24. The van der Waals surface area contributed by atoms with Crippen LogP contribution in [0.1, 0.15) is 26.3 Å². The quantitative estimate of drug-likeness (QED) is 0.615. The van der Waals surface area contributed by atoms with Crippen LogP contribution in [0.4, 0.5) is 10.5 Å². The number of nitrogens with zero attached hydrogens (tertiary/aromatic N) is 3. The molecule has 1 saturated heterocycles. The minimum Gasteiger partial charge on any atom is -0.464 e. The smallest absolute Gasteiger partial charge is 0.410 e. The van der Waals surface area contributed by atoms with Crippen LogP contribution in [0, 0.1) is 10.1 Å². The van der Waals surface area contributed by atoms with Crippen LogP contribution in [0.5, 0.6) is 0 Å². The van der Waals surface area contributed by atoms with Gasteiger partial charge in [0.05, 0.1) is 11.2 Å². The predicted octanol–water partition coefficient (Wildman–Crippen LogP) is 3.39. The van der Waals surface area contributed by atoms with Crippen LogP contribution in [-0.4, -0.2) is 52.6 Å². The molecule has 2 aromatic rings. The first-order chi connectivity index (χ1) is 12.2. The van der Waals surface area contributed by atoms with Crippen LogP contribution in [0.3, 0.4) is 0 Å². The summed E-state index contributed by atoms with van der Waals surface area (Å²) in [5.41, 5.74) is 0.999. The zero-order valence-electron chi connectivity index (χ0n) is 15.2. The molecule has 3 rings (SSSR count). The molecule has 2 heterocycles. The van der Waals surface area contributed by atoms with Gasteiger partial charge in [-0.25, -0.2) is 4.79 Å². The minimum absolute atomic E-state index is 0.0568. The van der Waals surface area contributed by atoms with Gasteiger partial charge in [-0.1, -0.05) is 0 Å². The van der Waals surface area contributed by atoms with Crippen molar-refractivity contribution in [1.82, 2.24) is 9.80 Å². The highest BCUT2D eigenvalue weighted by atomic mass is 16.6. The fourth-order valence-electron chi connectivity index (χ4n) is 3.02. The van der Waals surface area contributed by atoms with E-state index in [0.29, 0.717) is 38.3 Å². The van der Waals surface area contributed by atoms with Crippen molar-refractivity contribution in [3.05, 3.63) is 40.1 Å². The lowest BCUT2D eigenvalue weighted by Gasteiger charge is -2.35. The Morgan fingerprint density at radius 3 is 2.58 bits per heavy atom. The fraction of sp³-hybridized carbons (Fsp3) is 0.500. The normalized spacial score (nSPS) is 16.0. The largest absolute Gasteiger partial charge is 0.464 e. The average molecular weight is 361 g/mol. The molecular weight excluding hydrogens is 338 g/mol. The molecule has 0 spiro atoms. The Bertz CT molecular complexity index is 816. The number of nitro groups is 1. The minimum atomic E-state index is -0.512. The first kappa shape index (κ1) is 18.2. The molecule has 1 amide bonds. The maximum absolute atomic E-state index is 12.1. The van der Waals surface area contributed by atoms with E-state index in [4.69, 9.17) is 9.15 Å². The number of amides is 1. The van der Waals surface area contributed by atoms with Gasteiger partial charge in [-0.05, 0) is 26.8 Å². The maximum atomic E-state index is 12.1. The molecule has 0 bridgehead atoms. The van der Waals surface area contributed by atoms with Crippen molar-refractivity contribution in [2.24, 2.45) is 0 Å². The fourth-order valence-corrected chi connectivity index (χ4v) is 3.02. The summed E-state index contributed by atoms with van der Waals surface area (Å²) in [5.74, 6) is 0. The van der Waals surface area contributed by atoms with Crippen molar-refractivity contribution in [3.63, 3.8) is 0 Å². The Morgan fingerprint density at radius 1 is 1.27 bits per heavy atom. The maximum Gasteiger partial charge on any atom is 0.410 e. The second-order valence-corrected chi connectivity index (χ2v) is 7.44. The number of hydrogen-bond acceptors (Lipinski definition) is 6. The van der Waals surface area contributed by atoms with Crippen molar-refractivity contribution in [2.45, 2.75) is 32.9 Å². The van der Waals surface area contributed by atoms with Gasteiger partial charge >= 0.3 is 6.09 Å². The van der Waals surface area contributed by atoms with E-state index in [-0.39, 0.29) is 11.8 Å². The zero-order chi connectivity index (χ0) is 18.9. The van der Waals surface area contributed by atoms with Crippen LogP contribution in [0.2, 0.25) is 0 Å². The Balaban J connectivity index is 1.66. The van der Waals surface area contributed by atoms with E-state index in [2.05, 4.69) is 4.90 Å². The van der Waals surface area contributed by atoms with Crippen LogP contribution in [0.15, 0.2) is 28.9 Å². The van der Waals surface area contributed by atoms with Crippen molar-refractivity contribution >= 4 is 22.7 Å². The molecule has 1 aliphatic heterocycles. The van der Waals surface area contributed by atoms with Crippen LogP contribution < -0.4 is 0 Å². The second kappa shape index (κ2) is 6.95. The molecule has 0 N–H and O–H groups in total. The molecular formula is C18H23N3O5. The number of carbonyl (C=O) groups is 1. The van der Waals surface area contributed by atoms with Gasteiger partial charge in [0.2, 0.25) is 0 Å². The summed E-state index contributed by atoms with van der Waals surface area (Å²) in [6, 6.07) is 4.81. The molecule has 8 nitrogen and oxygen atoms in total. The Kier molecular flexibility index (Phi) is 4.86. The molecule has 0 saturated carbocycles. The molecule has 8 heteroatoms. The number of non-ortho nitro benzene ring substituents is 1. The third kappa shape index (κ3) is 4.13. The molecule has 1 aliphatic rings. The van der Waals surface area contributed by atoms with Gasteiger partial charge in [-0.15, -0.1) is 0 Å². The average Bonchev–Trinajstić information content (AvgIpc) is 3.02. The summed E-state index contributed by atoms with van der Waals surface area (Å²) >= 11 is 0. The van der Waals surface area contributed by atoms with Gasteiger partial charge < -0.3 is 14.1 Å². The molecule has 0 atom stereocenters. The van der Waals surface area contributed by atoms with E-state index in [1.165, 1.54) is 6.07 Å². The number of rotatable bonds is 3. The Hall–Kier alpha value is -2.61. The van der Waals surface area contributed by atoms with Crippen molar-refractivity contribution < 1.29 is 18.9 Å². The number of fused-ring (bicyclic) bond motifs is 1. The summed E-state index contributed by atoms with van der Waals surface area (Å²) in [6.07, 6.45) is 1.24. The molecule has 1 aromatic carbocycles. The highest BCUT2D eigenvalue weighted by Crippen LogP contribution is 2.27. The van der Waals surface area contributed by atoms with Crippen LogP contribution in [-0.2, 0) is 11.3 Å². The van der Waals surface area contributed by atoms with Crippen molar-refractivity contribution in [2.75, 3.05) is 26.2 Å². The van der Waals surface area contributed by atoms with Gasteiger partial charge in [0.15, 0.2) is 0 Å². The Morgan fingerprint density at radius 2 is 1.96 bits per heavy atom. The summed E-state index contributed by atoms with van der Waals surface area (Å²) in [4.78, 5) is 26.7. The number of furan rings is 1. The van der Waals surface area contributed by atoms with Crippen molar-refractivity contribution in [1.29, 1.82) is 0 Å². The van der Waals surface area contributed by atoms with E-state index in [1.807, 2.05) is 20.8 Å². The summed E-state index contributed by atoms with van der Waals surface area (Å²) in [6.45, 7) is 8.53. The lowest BCUT2D eigenvalue weighted by molar-refractivity contribution is -0.384. The van der Waals surface area contributed by atoms with Gasteiger partial charge in [-0.3, -0.25) is 15.0 Å². The topological polar surface area (TPSA) is 89.1 Å². The number of piperazine rings is 1. The first-order valence-corrected chi connectivity index (χ1v) is 8.58. The molecule has 1 aromatic heterocycles. The molecule has 0 aliphatic carbocycles. The van der Waals surface area contributed by atoms with E-state index in [0.717, 1.165) is 10.9 Å². The Labute approximate surface area is 151 Å². The molecule has 1 fully saturated rings. The monoisotopic (exact) mass is 361 g/mol. The third-order valence-electron chi connectivity index (χ3n) is 4.24. The summed E-state index contributed by atoms with van der Waals surface area (Å²) in [7, 11) is 0. The molecule has 26 heavy (non-hydrogen) atoms. The van der Waals surface area contributed by atoms with E-state index < -0.39 is 10.5 Å². The summed E-state index contributed by atoms with van der Waals surface area (Å²) < 4.78 is 10.9. The lowest BCUT2D eigenvalue weighted by Crippen LogP contribution is -2.49. The van der Waals surface area contributed by atoms with Crippen LogP contribution in [0.25, 0.3) is 11.0 Å². The van der Waals surface area contributed by atoms with E-state index in [1.54, 1.807) is 23.3 Å². The van der Waals surface area contributed by atoms with Gasteiger partial charge in [0.25, 0.3) is 5.69 Å². The van der Waals surface area contributed by atoms with E-state index >= 15 is 0 Å². The number of carbonyl (C=O) groups excluding carboxylic acids is 1. The highest BCUT2D eigenvalue weighted by molar-refractivity contribution is 5.83. The lowest BCUT2D eigenvalue weighted by atomic mass is 10.1. The van der Waals surface area contributed by atoms with Gasteiger partial charge in [-0.2, -0.15) is 0 Å². The zero-order valence-corrected chi connectivity index (χ0v) is 15.2. The standard InChI is InChI=1S/C18H23N3O5/c1-18(2,3)26-17(22)20-7-5-19(6-8-20)12-14-11-15(21(23)24)10-13-4-9-25-16(13)14/h4,9-11H,5-8,12H2,1-3H3. The van der Waals surface area contributed by atoms with E-state index in [9.17, 15) is 14.9 Å². The molecule has 0 unspecified atom stereocenters.